The van der Waals surface area contributed by atoms with E-state index in [-0.39, 0.29) is 0 Å². The number of hydrogen-bond donors (Lipinski definition) is 1. The molecule has 0 unspecified atom stereocenters. The van der Waals surface area contributed by atoms with Crippen LogP contribution in [0.4, 0.5) is 0 Å². The molecule has 2 rings (SSSR count). The number of hydrogen-bond acceptors (Lipinski definition) is 1. The molecular weight excluding hydrogens is 262 g/mol. The van der Waals surface area contributed by atoms with Gasteiger partial charge in [0.2, 0.25) is 0 Å². The van der Waals surface area contributed by atoms with Crippen molar-refractivity contribution < 1.29 is 0 Å². The van der Waals surface area contributed by atoms with E-state index in [0.29, 0.717) is 0 Å². The molecule has 0 spiro atoms. The molecule has 2 aromatic rings. The average Bonchev–Trinajstić information content (AvgIpc) is 2.30. The van der Waals surface area contributed by atoms with Crippen molar-refractivity contribution in [3.8, 4) is 0 Å². The molecule has 0 aromatic heterocycles. The fraction of sp³-hybridized carbons (Fsp3) is 0.286. The van der Waals surface area contributed by atoms with Crippen LogP contribution in [0.3, 0.4) is 0 Å². The standard InChI is InChI=1S/C14H16BrN/c1-2-7-16-10-11-8-12-5-3-4-6-13(12)14(15)9-11/h3-6,8-9,16H,2,7,10H2,1H3. The van der Waals surface area contributed by atoms with Crippen LogP contribution in [0, 0.1) is 0 Å². The van der Waals surface area contributed by atoms with Gasteiger partial charge in [-0.2, -0.15) is 0 Å². The minimum absolute atomic E-state index is 0.942. The second-order valence-corrected chi connectivity index (χ2v) is 4.83. The van der Waals surface area contributed by atoms with E-state index in [4.69, 9.17) is 0 Å². The Balaban J connectivity index is 2.27. The molecule has 0 aliphatic rings. The lowest BCUT2D eigenvalue weighted by atomic mass is 10.1. The van der Waals surface area contributed by atoms with Crippen molar-refractivity contribution >= 4 is 26.7 Å². The normalized spacial score (nSPS) is 10.9. The van der Waals surface area contributed by atoms with Crippen LogP contribution in [0.15, 0.2) is 40.9 Å². The maximum absolute atomic E-state index is 3.63. The zero-order valence-corrected chi connectivity index (χ0v) is 11.0. The third kappa shape index (κ3) is 2.63. The van der Waals surface area contributed by atoms with Gasteiger partial charge in [-0.3, -0.25) is 0 Å². The molecule has 0 aliphatic heterocycles. The maximum Gasteiger partial charge on any atom is 0.0256 e. The molecule has 1 nitrogen and oxygen atoms in total. The van der Waals surface area contributed by atoms with E-state index >= 15 is 0 Å². The second-order valence-electron chi connectivity index (χ2n) is 3.98. The van der Waals surface area contributed by atoms with Gasteiger partial charge in [0.25, 0.3) is 0 Å². The van der Waals surface area contributed by atoms with E-state index in [9.17, 15) is 0 Å². The fourth-order valence-electron chi connectivity index (χ4n) is 1.83. The van der Waals surface area contributed by atoms with Crippen molar-refractivity contribution in [3.05, 3.63) is 46.4 Å². The highest BCUT2D eigenvalue weighted by Gasteiger charge is 2.00. The van der Waals surface area contributed by atoms with Crippen LogP contribution in [-0.4, -0.2) is 6.54 Å². The topological polar surface area (TPSA) is 12.0 Å². The minimum Gasteiger partial charge on any atom is -0.313 e. The lowest BCUT2D eigenvalue weighted by molar-refractivity contribution is 0.676. The molecule has 0 atom stereocenters. The Kier molecular flexibility index (Phi) is 3.97. The summed E-state index contributed by atoms with van der Waals surface area (Å²) in [5, 5.41) is 6.00. The van der Waals surface area contributed by atoms with Crippen molar-refractivity contribution in [1.82, 2.24) is 5.32 Å². The van der Waals surface area contributed by atoms with Gasteiger partial charge in [0.15, 0.2) is 0 Å². The molecule has 0 bridgehead atoms. The summed E-state index contributed by atoms with van der Waals surface area (Å²) in [4.78, 5) is 0. The monoisotopic (exact) mass is 277 g/mol. The molecule has 0 aliphatic carbocycles. The third-order valence-electron chi connectivity index (χ3n) is 2.63. The van der Waals surface area contributed by atoms with Gasteiger partial charge in [-0.05, 0) is 41.4 Å². The third-order valence-corrected chi connectivity index (χ3v) is 3.28. The van der Waals surface area contributed by atoms with Crippen LogP contribution in [-0.2, 0) is 6.54 Å². The summed E-state index contributed by atoms with van der Waals surface area (Å²) < 4.78 is 1.18. The van der Waals surface area contributed by atoms with Gasteiger partial charge in [0.05, 0.1) is 0 Å². The van der Waals surface area contributed by atoms with Gasteiger partial charge in [0, 0.05) is 11.0 Å². The van der Waals surface area contributed by atoms with Crippen LogP contribution >= 0.6 is 15.9 Å². The van der Waals surface area contributed by atoms with E-state index in [2.05, 4.69) is 64.6 Å². The fourth-order valence-corrected chi connectivity index (χ4v) is 2.49. The van der Waals surface area contributed by atoms with E-state index in [1.807, 2.05) is 0 Å². The first-order chi connectivity index (χ1) is 7.81. The van der Waals surface area contributed by atoms with Gasteiger partial charge in [-0.15, -0.1) is 0 Å². The maximum atomic E-state index is 3.63. The van der Waals surface area contributed by atoms with Gasteiger partial charge >= 0.3 is 0 Å². The van der Waals surface area contributed by atoms with Crippen molar-refractivity contribution in [2.75, 3.05) is 6.54 Å². The smallest absolute Gasteiger partial charge is 0.0256 e. The van der Waals surface area contributed by atoms with E-state index < -0.39 is 0 Å². The quantitative estimate of drug-likeness (QED) is 0.830. The van der Waals surface area contributed by atoms with Gasteiger partial charge in [0.1, 0.15) is 0 Å². The first-order valence-electron chi connectivity index (χ1n) is 5.69. The Morgan fingerprint density at radius 2 is 2.00 bits per heavy atom. The largest absolute Gasteiger partial charge is 0.313 e. The Morgan fingerprint density at radius 3 is 2.81 bits per heavy atom. The van der Waals surface area contributed by atoms with Crippen LogP contribution in [0.2, 0.25) is 0 Å². The molecule has 1 N–H and O–H groups in total. The molecule has 16 heavy (non-hydrogen) atoms. The van der Waals surface area contributed by atoms with E-state index in [1.54, 1.807) is 0 Å². The van der Waals surface area contributed by atoms with Gasteiger partial charge in [-0.25, -0.2) is 0 Å². The summed E-state index contributed by atoms with van der Waals surface area (Å²) in [6, 6.07) is 12.9. The molecule has 0 radical (unpaired) electrons. The SMILES string of the molecule is CCCNCc1cc(Br)c2ccccc2c1. The molecule has 0 amide bonds. The second kappa shape index (κ2) is 5.46. The summed E-state index contributed by atoms with van der Waals surface area (Å²) in [7, 11) is 0. The predicted molar refractivity (Wildman–Crippen MR) is 73.6 cm³/mol. The molecule has 84 valence electrons. The molecule has 2 heteroatoms. The summed E-state index contributed by atoms with van der Waals surface area (Å²) in [5.41, 5.74) is 1.33. The van der Waals surface area contributed by atoms with Crippen LogP contribution in [0.25, 0.3) is 10.8 Å². The first kappa shape index (κ1) is 11.6. The van der Waals surface area contributed by atoms with Crippen LogP contribution < -0.4 is 5.32 Å². The Labute approximate surface area is 105 Å². The number of fused-ring (bicyclic) bond motifs is 1. The summed E-state index contributed by atoms with van der Waals surface area (Å²) in [6.07, 6.45) is 1.18. The summed E-state index contributed by atoms with van der Waals surface area (Å²) in [6.45, 7) is 4.20. The number of benzene rings is 2. The van der Waals surface area contributed by atoms with Crippen molar-refractivity contribution in [2.45, 2.75) is 19.9 Å². The molecular formula is C14H16BrN. The number of rotatable bonds is 4. The zero-order valence-electron chi connectivity index (χ0n) is 9.46. The van der Waals surface area contributed by atoms with Crippen LogP contribution in [0.1, 0.15) is 18.9 Å². The van der Waals surface area contributed by atoms with Crippen molar-refractivity contribution in [1.29, 1.82) is 0 Å². The lowest BCUT2D eigenvalue weighted by Gasteiger charge is -2.07. The average molecular weight is 278 g/mol. The van der Waals surface area contributed by atoms with Gasteiger partial charge in [-0.1, -0.05) is 47.1 Å². The highest BCUT2D eigenvalue weighted by molar-refractivity contribution is 9.10. The van der Waals surface area contributed by atoms with Crippen LogP contribution in [0.5, 0.6) is 0 Å². The highest BCUT2D eigenvalue weighted by Crippen LogP contribution is 2.25. The van der Waals surface area contributed by atoms with Crippen molar-refractivity contribution in [3.63, 3.8) is 0 Å². The Hall–Kier alpha value is -0.860. The number of halogens is 1. The first-order valence-corrected chi connectivity index (χ1v) is 6.48. The summed E-state index contributed by atoms with van der Waals surface area (Å²) in [5.74, 6) is 0. The Morgan fingerprint density at radius 1 is 1.19 bits per heavy atom. The summed E-state index contributed by atoms with van der Waals surface area (Å²) >= 11 is 3.63. The minimum atomic E-state index is 0.942. The predicted octanol–water partition coefficient (Wildman–Crippen LogP) is 4.10. The molecule has 0 saturated carbocycles. The molecule has 0 fully saturated rings. The zero-order chi connectivity index (χ0) is 11.4. The van der Waals surface area contributed by atoms with Gasteiger partial charge < -0.3 is 5.32 Å². The highest BCUT2D eigenvalue weighted by atomic mass is 79.9. The molecule has 0 saturated heterocycles. The Bertz CT molecular complexity index is 479. The molecule has 0 heterocycles. The number of nitrogens with one attached hydrogen (secondary N) is 1. The lowest BCUT2D eigenvalue weighted by Crippen LogP contribution is -2.13. The van der Waals surface area contributed by atoms with Crippen molar-refractivity contribution in [2.24, 2.45) is 0 Å². The molecule has 2 aromatic carbocycles. The van der Waals surface area contributed by atoms with E-state index in [1.165, 1.54) is 27.2 Å². The van der Waals surface area contributed by atoms with E-state index in [0.717, 1.165) is 13.1 Å².